The molecule has 2 nitrogen and oxygen atoms in total. The number of hydrogen-bond acceptors (Lipinski definition) is 2. The van der Waals surface area contributed by atoms with Crippen molar-refractivity contribution in [3.63, 3.8) is 0 Å². The molecular formula is C19H23NO. The molecule has 2 heteroatoms. The Labute approximate surface area is 126 Å². The van der Waals surface area contributed by atoms with E-state index in [0.29, 0.717) is 5.92 Å². The van der Waals surface area contributed by atoms with Crippen molar-refractivity contribution < 1.29 is 4.74 Å². The molecule has 0 saturated carbocycles. The summed E-state index contributed by atoms with van der Waals surface area (Å²) in [4.78, 5) is 0. The summed E-state index contributed by atoms with van der Waals surface area (Å²) in [5, 5.41) is 0. The summed E-state index contributed by atoms with van der Waals surface area (Å²) in [7, 11) is 0. The fourth-order valence-corrected chi connectivity index (χ4v) is 3.11. The molecule has 0 heterocycles. The van der Waals surface area contributed by atoms with Crippen LogP contribution in [-0.4, -0.2) is 6.61 Å². The minimum Gasteiger partial charge on any atom is -0.493 e. The molecule has 2 aromatic carbocycles. The van der Waals surface area contributed by atoms with Crippen LogP contribution in [0.15, 0.2) is 48.5 Å². The third-order valence-electron chi connectivity index (χ3n) is 4.33. The van der Waals surface area contributed by atoms with E-state index in [1.807, 2.05) is 25.1 Å². The summed E-state index contributed by atoms with van der Waals surface area (Å²) in [5.74, 6) is 1.43. The van der Waals surface area contributed by atoms with Crippen molar-refractivity contribution in [2.24, 2.45) is 5.73 Å². The van der Waals surface area contributed by atoms with Crippen LogP contribution in [-0.2, 0) is 6.42 Å². The molecule has 1 unspecified atom stereocenters. The minimum atomic E-state index is 0.0453. The summed E-state index contributed by atoms with van der Waals surface area (Å²) < 4.78 is 6.04. The lowest BCUT2D eigenvalue weighted by atomic mass is 9.83. The smallest absolute Gasteiger partial charge is 0.119 e. The number of aryl methyl sites for hydroxylation is 1. The van der Waals surface area contributed by atoms with Crippen LogP contribution in [0.2, 0.25) is 0 Å². The highest BCUT2D eigenvalue weighted by atomic mass is 16.5. The van der Waals surface area contributed by atoms with E-state index in [1.165, 1.54) is 30.4 Å². The van der Waals surface area contributed by atoms with E-state index in [0.717, 1.165) is 17.9 Å². The molecule has 1 aliphatic rings. The van der Waals surface area contributed by atoms with Crippen molar-refractivity contribution in [1.82, 2.24) is 0 Å². The second kappa shape index (κ2) is 6.31. The van der Waals surface area contributed by atoms with Gasteiger partial charge in [0, 0.05) is 12.0 Å². The zero-order valence-corrected chi connectivity index (χ0v) is 12.6. The SMILES string of the molecule is C[C@H](N)c1cccc(OCC2CCCc3ccccc32)c1. The highest BCUT2D eigenvalue weighted by Gasteiger charge is 2.20. The molecule has 0 aliphatic heterocycles. The summed E-state index contributed by atoms with van der Waals surface area (Å²) in [6.45, 7) is 2.75. The van der Waals surface area contributed by atoms with Crippen LogP contribution in [0.3, 0.4) is 0 Å². The van der Waals surface area contributed by atoms with Crippen molar-refractivity contribution >= 4 is 0 Å². The number of benzene rings is 2. The molecule has 0 saturated heterocycles. The van der Waals surface area contributed by atoms with Crippen molar-refractivity contribution in [3.8, 4) is 5.75 Å². The third-order valence-corrected chi connectivity index (χ3v) is 4.33. The Kier molecular flexibility index (Phi) is 4.26. The maximum Gasteiger partial charge on any atom is 0.119 e. The maximum atomic E-state index is 6.04. The summed E-state index contributed by atoms with van der Waals surface area (Å²) in [6, 6.07) is 16.9. The Morgan fingerprint density at radius 1 is 1.19 bits per heavy atom. The first-order valence-corrected chi connectivity index (χ1v) is 7.80. The molecule has 0 bridgehead atoms. The van der Waals surface area contributed by atoms with Gasteiger partial charge in [-0.15, -0.1) is 0 Å². The van der Waals surface area contributed by atoms with Crippen molar-refractivity contribution in [2.75, 3.05) is 6.61 Å². The molecule has 110 valence electrons. The fourth-order valence-electron chi connectivity index (χ4n) is 3.11. The average molecular weight is 281 g/mol. The van der Waals surface area contributed by atoms with Crippen LogP contribution in [0.4, 0.5) is 0 Å². The number of fused-ring (bicyclic) bond motifs is 1. The minimum absolute atomic E-state index is 0.0453. The second-order valence-electron chi connectivity index (χ2n) is 5.96. The van der Waals surface area contributed by atoms with E-state index in [9.17, 15) is 0 Å². The Hall–Kier alpha value is -1.80. The summed E-state index contributed by atoms with van der Waals surface area (Å²) in [6.07, 6.45) is 3.67. The topological polar surface area (TPSA) is 35.2 Å². The molecular weight excluding hydrogens is 258 g/mol. The van der Waals surface area contributed by atoms with Gasteiger partial charge in [0.2, 0.25) is 0 Å². The van der Waals surface area contributed by atoms with Crippen LogP contribution in [0.1, 0.15) is 48.4 Å². The van der Waals surface area contributed by atoms with Gasteiger partial charge in [0.05, 0.1) is 6.61 Å². The van der Waals surface area contributed by atoms with Gasteiger partial charge < -0.3 is 10.5 Å². The van der Waals surface area contributed by atoms with Gasteiger partial charge in [0.25, 0.3) is 0 Å². The van der Waals surface area contributed by atoms with E-state index in [-0.39, 0.29) is 6.04 Å². The molecule has 0 radical (unpaired) electrons. The molecule has 2 N–H and O–H groups in total. The Bertz CT molecular complexity index is 606. The predicted octanol–water partition coefficient (Wildman–Crippen LogP) is 4.21. The van der Waals surface area contributed by atoms with E-state index in [4.69, 9.17) is 10.5 Å². The first-order valence-electron chi connectivity index (χ1n) is 7.80. The summed E-state index contributed by atoms with van der Waals surface area (Å²) in [5.41, 5.74) is 10.0. The monoisotopic (exact) mass is 281 g/mol. The quantitative estimate of drug-likeness (QED) is 0.911. The van der Waals surface area contributed by atoms with Crippen molar-refractivity contribution in [2.45, 2.75) is 38.1 Å². The Balaban J connectivity index is 1.70. The van der Waals surface area contributed by atoms with Gasteiger partial charge in [0.15, 0.2) is 0 Å². The second-order valence-corrected chi connectivity index (χ2v) is 5.96. The van der Waals surface area contributed by atoms with Crippen molar-refractivity contribution in [3.05, 3.63) is 65.2 Å². The molecule has 0 amide bonds. The standard InChI is InChI=1S/C19H23NO/c1-14(20)16-8-5-10-18(12-16)21-13-17-9-4-7-15-6-2-3-11-19(15)17/h2-3,5-6,8,10-12,14,17H,4,7,9,13,20H2,1H3/t14-,17?/m0/s1. The lowest BCUT2D eigenvalue weighted by molar-refractivity contribution is 0.274. The lowest BCUT2D eigenvalue weighted by Crippen LogP contribution is -2.16. The number of rotatable bonds is 4. The highest BCUT2D eigenvalue weighted by Crippen LogP contribution is 2.32. The van der Waals surface area contributed by atoms with Crippen LogP contribution in [0, 0.1) is 0 Å². The van der Waals surface area contributed by atoms with Gasteiger partial charge in [-0.2, -0.15) is 0 Å². The first-order chi connectivity index (χ1) is 10.2. The van der Waals surface area contributed by atoms with Crippen LogP contribution in [0.5, 0.6) is 5.75 Å². The third kappa shape index (κ3) is 3.27. The normalized spacial score (nSPS) is 18.9. The maximum absolute atomic E-state index is 6.04. The number of hydrogen-bond donors (Lipinski definition) is 1. The first kappa shape index (κ1) is 14.2. The largest absolute Gasteiger partial charge is 0.493 e. The van der Waals surface area contributed by atoms with Crippen molar-refractivity contribution in [1.29, 1.82) is 0 Å². The van der Waals surface area contributed by atoms with E-state index in [1.54, 1.807) is 0 Å². The zero-order valence-electron chi connectivity index (χ0n) is 12.6. The number of ether oxygens (including phenoxy) is 1. The van der Waals surface area contributed by atoms with Crippen LogP contribution < -0.4 is 10.5 Å². The predicted molar refractivity (Wildman–Crippen MR) is 86.7 cm³/mol. The molecule has 1 aliphatic carbocycles. The van der Waals surface area contributed by atoms with Gasteiger partial charge in [-0.25, -0.2) is 0 Å². The van der Waals surface area contributed by atoms with E-state index < -0.39 is 0 Å². The van der Waals surface area contributed by atoms with E-state index >= 15 is 0 Å². The van der Waals surface area contributed by atoms with Crippen LogP contribution >= 0.6 is 0 Å². The average Bonchev–Trinajstić information content (AvgIpc) is 2.53. The fraction of sp³-hybridized carbons (Fsp3) is 0.368. The molecule has 2 atom stereocenters. The summed E-state index contributed by atoms with van der Waals surface area (Å²) >= 11 is 0. The number of nitrogens with two attached hydrogens (primary N) is 1. The molecule has 2 aromatic rings. The zero-order chi connectivity index (χ0) is 14.7. The molecule has 0 aromatic heterocycles. The van der Waals surface area contributed by atoms with Crippen LogP contribution in [0.25, 0.3) is 0 Å². The molecule has 0 spiro atoms. The molecule has 0 fully saturated rings. The van der Waals surface area contributed by atoms with Gasteiger partial charge in [-0.05, 0) is 55.0 Å². The Morgan fingerprint density at radius 3 is 2.90 bits per heavy atom. The van der Waals surface area contributed by atoms with E-state index in [2.05, 4.69) is 30.3 Å². The van der Waals surface area contributed by atoms with Gasteiger partial charge >= 0.3 is 0 Å². The van der Waals surface area contributed by atoms with Gasteiger partial charge in [-0.1, -0.05) is 36.4 Å². The van der Waals surface area contributed by atoms with Gasteiger partial charge in [0.1, 0.15) is 5.75 Å². The molecule has 21 heavy (non-hydrogen) atoms. The highest BCUT2D eigenvalue weighted by molar-refractivity contribution is 5.34. The lowest BCUT2D eigenvalue weighted by Gasteiger charge is -2.25. The Morgan fingerprint density at radius 2 is 2.05 bits per heavy atom. The molecule has 3 rings (SSSR count). The van der Waals surface area contributed by atoms with Gasteiger partial charge in [-0.3, -0.25) is 0 Å².